The van der Waals surface area contributed by atoms with Crippen LogP contribution in [0.15, 0.2) is 24.3 Å². The van der Waals surface area contributed by atoms with Gasteiger partial charge in [0, 0.05) is 13.5 Å². The summed E-state index contributed by atoms with van der Waals surface area (Å²) in [5.74, 6) is -1.63. The van der Waals surface area contributed by atoms with Crippen molar-refractivity contribution in [2.24, 2.45) is 0 Å². The highest BCUT2D eigenvalue weighted by Crippen LogP contribution is 2.34. The summed E-state index contributed by atoms with van der Waals surface area (Å²) in [6.07, 6.45) is -4.52. The summed E-state index contributed by atoms with van der Waals surface area (Å²) >= 11 is 0. The van der Waals surface area contributed by atoms with Crippen LogP contribution in [0.3, 0.4) is 0 Å². The second-order valence-corrected chi connectivity index (χ2v) is 4.17. The molecular weight excluding hydrogens is 247 g/mol. The smallest absolute Gasteiger partial charge is 0.285 e. The van der Waals surface area contributed by atoms with Crippen molar-refractivity contribution < 1.29 is 22.8 Å². The summed E-state index contributed by atoms with van der Waals surface area (Å²) in [4.78, 5) is 24.0. The molecule has 1 aromatic carbocycles. The molecule has 96 valence electrons. The van der Waals surface area contributed by atoms with Gasteiger partial charge in [-0.2, -0.15) is 13.2 Å². The number of carbonyl (C=O) groups excluding carboxylic acids is 2. The van der Waals surface area contributed by atoms with Crippen molar-refractivity contribution in [1.82, 2.24) is 4.90 Å². The molecule has 0 radical (unpaired) electrons. The number of hydrogen-bond donors (Lipinski definition) is 0. The number of hydrogen-bond acceptors (Lipinski definition) is 2. The number of benzene rings is 1. The van der Waals surface area contributed by atoms with Crippen molar-refractivity contribution in [3.05, 3.63) is 35.4 Å². The van der Waals surface area contributed by atoms with Crippen LogP contribution in [0, 0.1) is 0 Å². The Kier molecular flexibility index (Phi) is 2.88. The van der Waals surface area contributed by atoms with Crippen LogP contribution in [-0.2, 0) is 15.8 Å². The first-order valence-electron chi connectivity index (χ1n) is 5.28. The molecule has 0 N–H and O–H groups in total. The summed E-state index contributed by atoms with van der Waals surface area (Å²) < 4.78 is 37.6. The van der Waals surface area contributed by atoms with Gasteiger partial charge < -0.3 is 0 Å². The number of carbonyl (C=O) groups is 2. The summed E-state index contributed by atoms with van der Waals surface area (Å²) in [7, 11) is 1.33. The SMILES string of the molecule is CN1C(=O)CC(c2cccc(C(F)(F)F)c2)C1=O. The first-order valence-corrected chi connectivity index (χ1v) is 5.28. The molecule has 18 heavy (non-hydrogen) atoms. The normalized spacial score (nSPS) is 20.7. The molecule has 1 heterocycles. The van der Waals surface area contributed by atoms with E-state index in [1.165, 1.54) is 19.2 Å². The average Bonchev–Trinajstić information content (AvgIpc) is 2.56. The van der Waals surface area contributed by atoms with E-state index >= 15 is 0 Å². The van der Waals surface area contributed by atoms with E-state index in [4.69, 9.17) is 0 Å². The quantitative estimate of drug-likeness (QED) is 0.723. The number of likely N-dealkylation sites (tertiary alicyclic amines) is 1. The number of alkyl halides is 3. The lowest BCUT2D eigenvalue weighted by Gasteiger charge is -2.12. The lowest BCUT2D eigenvalue weighted by Crippen LogP contribution is -2.25. The zero-order chi connectivity index (χ0) is 13.5. The van der Waals surface area contributed by atoms with Crippen LogP contribution in [0.4, 0.5) is 13.2 Å². The van der Waals surface area contributed by atoms with Crippen LogP contribution >= 0.6 is 0 Å². The lowest BCUT2D eigenvalue weighted by atomic mass is 9.96. The van der Waals surface area contributed by atoms with Gasteiger partial charge in [-0.15, -0.1) is 0 Å². The molecule has 0 aliphatic carbocycles. The minimum atomic E-state index is -4.45. The van der Waals surface area contributed by atoms with Crippen molar-refractivity contribution >= 4 is 11.8 Å². The van der Waals surface area contributed by atoms with Gasteiger partial charge in [0.25, 0.3) is 0 Å². The number of halogens is 3. The maximum atomic E-state index is 12.5. The molecule has 1 atom stereocenters. The van der Waals surface area contributed by atoms with Crippen molar-refractivity contribution in [1.29, 1.82) is 0 Å². The largest absolute Gasteiger partial charge is 0.416 e. The Labute approximate surface area is 101 Å². The van der Waals surface area contributed by atoms with Gasteiger partial charge in [0.2, 0.25) is 11.8 Å². The highest BCUT2D eigenvalue weighted by atomic mass is 19.4. The van der Waals surface area contributed by atoms with Gasteiger partial charge in [-0.1, -0.05) is 18.2 Å². The Bertz CT molecular complexity index is 510. The molecule has 0 spiro atoms. The highest BCUT2D eigenvalue weighted by molar-refractivity contribution is 6.05. The molecular formula is C12H10F3NO2. The molecule has 0 bridgehead atoms. The number of nitrogens with zero attached hydrogens (tertiary/aromatic N) is 1. The first kappa shape index (κ1) is 12.6. The molecule has 1 aromatic rings. The standard InChI is InChI=1S/C12H10F3NO2/c1-16-10(17)6-9(11(16)18)7-3-2-4-8(5-7)12(13,14)15/h2-5,9H,6H2,1H3. The fourth-order valence-corrected chi connectivity index (χ4v) is 1.95. The van der Waals surface area contributed by atoms with Gasteiger partial charge in [0.05, 0.1) is 11.5 Å². The van der Waals surface area contributed by atoms with E-state index in [9.17, 15) is 22.8 Å². The van der Waals surface area contributed by atoms with Crippen LogP contribution in [0.25, 0.3) is 0 Å². The third-order valence-corrected chi connectivity index (χ3v) is 3.00. The average molecular weight is 257 g/mol. The molecule has 0 saturated carbocycles. The van der Waals surface area contributed by atoms with E-state index in [1.54, 1.807) is 0 Å². The Balaban J connectivity index is 2.36. The summed E-state index contributed by atoms with van der Waals surface area (Å²) in [5, 5.41) is 0. The minimum Gasteiger partial charge on any atom is -0.285 e. The zero-order valence-corrected chi connectivity index (χ0v) is 9.49. The molecule has 1 saturated heterocycles. The van der Waals surface area contributed by atoms with E-state index in [0.717, 1.165) is 17.0 Å². The van der Waals surface area contributed by atoms with E-state index in [2.05, 4.69) is 0 Å². The minimum absolute atomic E-state index is 0.0728. The molecule has 3 nitrogen and oxygen atoms in total. The molecule has 1 unspecified atom stereocenters. The molecule has 2 rings (SSSR count). The van der Waals surface area contributed by atoms with Crippen molar-refractivity contribution in [3.8, 4) is 0 Å². The van der Waals surface area contributed by atoms with Gasteiger partial charge in [-0.25, -0.2) is 0 Å². The van der Waals surface area contributed by atoms with E-state index in [1.807, 2.05) is 0 Å². The van der Waals surface area contributed by atoms with Crippen molar-refractivity contribution in [2.45, 2.75) is 18.5 Å². The first-order chi connectivity index (χ1) is 8.30. The maximum Gasteiger partial charge on any atom is 0.416 e. The van der Waals surface area contributed by atoms with Gasteiger partial charge in [0.15, 0.2) is 0 Å². The Morgan fingerprint density at radius 3 is 2.44 bits per heavy atom. The summed E-state index contributed by atoms with van der Waals surface area (Å²) in [6, 6.07) is 4.54. The lowest BCUT2D eigenvalue weighted by molar-refractivity contribution is -0.139. The summed E-state index contributed by atoms with van der Waals surface area (Å²) in [5.41, 5.74) is -0.581. The van der Waals surface area contributed by atoms with Crippen LogP contribution in [0.5, 0.6) is 0 Å². The fourth-order valence-electron chi connectivity index (χ4n) is 1.95. The van der Waals surface area contributed by atoms with Crippen molar-refractivity contribution in [3.63, 3.8) is 0 Å². The Morgan fingerprint density at radius 2 is 1.94 bits per heavy atom. The zero-order valence-electron chi connectivity index (χ0n) is 9.49. The number of rotatable bonds is 1. The van der Waals surface area contributed by atoms with Gasteiger partial charge in [0.1, 0.15) is 0 Å². The van der Waals surface area contributed by atoms with Crippen molar-refractivity contribution in [2.75, 3.05) is 7.05 Å². The predicted octanol–water partition coefficient (Wildman–Crippen LogP) is 2.18. The topological polar surface area (TPSA) is 37.4 Å². The van der Waals surface area contributed by atoms with E-state index < -0.39 is 23.6 Å². The number of likely N-dealkylation sites (N-methyl/N-ethyl adjacent to an activating group) is 1. The van der Waals surface area contributed by atoms with Gasteiger partial charge in [-0.3, -0.25) is 14.5 Å². The van der Waals surface area contributed by atoms with Gasteiger partial charge in [-0.05, 0) is 11.6 Å². The van der Waals surface area contributed by atoms with Gasteiger partial charge >= 0.3 is 6.18 Å². The highest BCUT2D eigenvalue weighted by Gasteiger charge is 2.38. The van der Waals surface area contributed by atoms with Crippen LogP contribution in [-0.4, -0.2) is 23.8 Å². The Morgan fingerprint density at radius 1 is 1.28 bits per heavy atom. The summed E-state index contributed by atoms with van der Waals surface area (Å²) in [6.45, 7) is 0. The third kappa shape index (κ3) is 2.10. The van der Waals surface area contributed by atoms with Crippen LogP contribution in [0.1, 0.15) is 23.5 Å². The number of amides is 2. The third-order valence-electron chi connectivity index (χ3n) is 3.00. The molecule has 1 aliphatic heterocycles. The maximum absolute atomic E-state index is 12.5. The molecule has 6 heteroatoms. The van der Waals surface area contributed by atoms with Crippen LogP contribution in [0.2, 0.25) is 0 Å². The number of imide groups is 1. The molecule has 2 amide bonds. The molecule has 1 aliphatic rings. The molecule has 1 fully saturated rings. The van der Waals surface area contributed by atoms with E-state index in [0.29, 0.717) is 0 Å². The molecule has 0 aromatic heterocycles. The van der Waals surface area contributed by atoms with Crippen LogP contribution < -0.4 is 0 Å². The monoisotopic (exact) mass is 257 g/mol. The van der Waals surface area contributed by atoms with E-state index in [-0.39, 0.29) is 17.9 Å². The second-order valence-electron chi connectivity index (χ2n) is 4.17. The predicted molar refractivity (Wildman–Crippen MR) is 56.6 cm³/mol. The second kappa shape index (κ2) is 4.12. The Hall–Kier alpha value is -1.85. The fraction of sp³-hybridized carbons (Fsp3) is 0.333.